The lowest BCUT2D eigenvalue weighted by Crippen LogP contribution is -2.40. The summed E-state index contributed by atoms with van der Waals surface area (Å²) in [6, 6.07) is 7.50. The highest BCUT2D eigenvalue weighted by atomic mass is 32.2. The van der Waals surface area contributed by atoms with Crippen LogP contribution in [0.3, 0.4) is 0 Å². The molecule has 0 bridgehead atoms. The zero-order valence-corrected chi connectivity index (χ0v) is 18.2. The number of anilines is 1. The van der Waals surface area contributed by atoms with Crippen LogP contribution in [0.1, 0.15) is 15.9 Å². The Morgan fingerprint density at radius 1 is 1.24 bits per heavy atom. The second-order valence-corrected chi connectivity index (χ2v) is 8.82. The molecule has 14 heteroatoms. The van der Waals surface area contributed by atoms with Gasteiger partial charge in [-0.3, -0.25) is 14.9 Å². The third-order valence-electron chi connectivity index (χ3n) is 4.71. The molecular formula is C20H17FN4O8S. The summed E-state index contributed by atoms with van der Waals surface area (Å²) in [6.45, 7) is -0.278. The van der Waals surface area contributed by atoms with Gasteiger partial charge in [0.2, 0.25) is 10.0 Å². The Hall–Kier alpha value is -3.93. The molecule has 0 spiro atoms. The van der Waals surface area contributed by atoms with E-state index in [1.165, 1.54) is 0 Å². The van der Waals surface area contributed by atoms with Gasteiger partial charge in [0.15, 0.2) is 6.61 Å². The van der Waals surface area contributed by atoms with Crippen LogP contribution < -0.4 is 5.32 Å². The Bertz CT molecular complexity index is 1290. The van der Waals surface area contributed by atoms with Crippen LogP contribution >= 0.6 is 0 Å². The third kappa shape index (κ3) is 5.52. The van der Waals surface area contributed by atoms with Crippen molar-refractivity contribution in [1.29, 1.82) is 5.26 Å². The largest absolute Gasteiger partial charge is 0.452 e. The van der Waals surface area contributed by atoms with Crippen molar-refractivity contribution in [2.24, 2.45) is 0 Å². The van der Waals surface area contributed by atoms with Gasteiger partial charge >= 0.3 is 5.97 Å². The molecule has 1 fully saturated rings. The van der Waals surface area contributed by atoms with E-state index in [4.69, 9.17) is 14.7 Å². The van der Waals surface area contributed by atoms with Gasteiger partial charge in [0.25, 0.3) is 11.6 Å². The number of nitriles is 1. The standard InChI is InChI=1S/C20H17FN4O8S/c21-17-3-2-15(34(30,31)24-5-7-32-8-6-24)10-16(17)20(27)33-12-19(26)23-18-4-1-14(25(28)29)9-13(18)11-22/h1-4,9-10H,5-8,12H2,(H,23,26). The molecule has 0 unspecified atom stereocenters. The van der Waals surface area contributed by atoms with Crippen LogP contribution in [0.15, 0.2) is 41.3 Å². The topological polar surface area (TPSA) is 169 Å². The first-order valence-electron chi connectivity index (χ1n) is 9.66. The van der Waals surface area contributed by atoms with Gasteiger partial charge in [0.05, 0.1) is 39.8 Å². The highest BCUT2D eigenvalue weighted by Crippen LogP contribution is 2.22. The van der Waals surface area contributed by atoms with Crippen LogP contribution in [-0.2, 0) is 24.3 Å². The Kier molecular flexibility index (Phi) is 7.51. The second-order valence-electron chi connectivity index (χ2n) is 6.88. The molecule has 0 aromatic heterocycles. The Labute approximate surface area is 192 Å². The van der Waals surface area contributed by atoms with Gasteiger partial charge in [0, 0.05) is 25.2 Å². The maximum atomic E-state index is 14.2. The molecular weight excluding hydrogens is 475 g/mol. The molecule has 1 aliphatic heterocycles. The maximum absolute atomic E-state index is 14.2. The monoisotopic (exact) mass is 492 g/mol. The normalized spacial score (nSPS) is 14.1. The number of hydrogen-bond donors (Lipinski definition) is 1. The molecule has 1 aliphatic rings. The molecule has 2 aromatic rings. The lowest BCUT2D eigenvalue weighted by molar-refractivity contribution is -0.384. The highest BCUT2D eigenvalue weighted by Gasteiger charge is 2.28. The summed E-state index contributed by atoms with van der Waals surface area (Å²) < 4.78 is 50.7. The van der Waals surface area contributed by atoms with E-state index in [9.17, 15) is 32.5 Å². The highest BCUT2D eigenvalue weighted by molar-refractivity contribution is 7.89. The number of nitrogens with one attached hydrogen (secondary N) is 1. The van der Waals surface area contributed by atoms with E-state index in [-0.39, 0.29) is 48.1 Å². The van der Waals surface area contributed by atoms with Gasteiger partial charge < -0.3 is 14.8 Å². The molecule has 178 valence electrons. The summed E-state index contributed by atoms with van der Waals surface area (Å²) in [6.07, 6.45) is 0. The first kappa shape index (κ1) is 24.7. The number of carbonyl (C=O) groups excluding carboxylic acids is 2. The van der Waals surface area contributed by atoms with Crippen LogP contribution in [-0.4, -0.2) is 62.4 Å². The molecule has 3 rings (SSSR count). The predicted molar refractivity (Wildman–Crippen MR) is 113 cm³/mol. The zero-order chi connectivity index (χ0) is 24.9. The molecule has 1 amide bonds. The fourth-order valence-electron chi connectivity index (χ4n) is 3.00. The van der Waals surface area contributed by atoms with Crippen LogP contribution in [0.2, 0.25) is 0 Å². The van der Waals surface area contributed by atoms with Crippen molar-refractivity contribution >= 4 is 33.3 Å². The number of carbonyl (C=O) groups is 2. The van der Waals surface area contributed by atoms with Crippen molar-refractivity contribution in [3.05, 3.63) is 63.5 Å². The van der Waals surface area contributed by atoms with Crippen LogP contribution in [0.4, 0.5) is 15.8 Å². The number of hydrogen-bond acceptors (Lipinski definition) is 9. The van der Waals surface area contributed by atoms with Gasteiger partial charge in [0.1, 0.15) is 11.9 Å². The van der Waals surface area contributed by atoms with Crippen LogP contribution in [0.5, 0.6) is 0 Å². The van der Waals surface area contributed by atoms with E-state index in [2.05, 4.69) is 5.32 Å². The number of morpholine rings is 1. The fraction of sp³-hybridized carbons (Fsp3) is 0.250. The molecule has 0 radical (unpaired) electrons. The first-order chi connectivity index (χ1) is 16.1. The SMILES string of the molecule is N#Cc1cc([N+](=O)[O-])ccc1NC(=O)COC(=O)c1cc(S(=O)(=O)N2CCOCC2)ccc1F. The average Bonchev–Trinajstić information content (AvgIpc) is 2.83. The number of sulfonamides is 1. The summed E-state index contributed by atoms with van der Waals surface area (Å²) in [7, 11) is -4.00. The third-order valence-corrected chi connectivity index (χ3v) is 6.60. The average molecular weight is 492 g/mol. The van der Waals surface area contributed by atoms with Crippen molar-refractivity contribution in [2.45, 2.75) is 4.90 Å². The molecule has 0 atom stereocenters. The van der Waals surface area contributed by atoms with Gasteiger partial charge in [-0.05, 0) is 24.3 Å². The minimum absolute atomic E-state index is 0.0565. The quantitative estimate of drug-likeness (QED) is 0.341. The van der Waals surface area contributed by atoms with E-state index in [1.54, 1.807) is 6.07 Å². The van der Waals surface area contributed by atoms with Gasteiger partial charge in [-0.1, -0.05) is 0 Å². The van der Waals surface area contributed by atoms with Crippen molar-refractivity contribution in [2.75, 3.05) is 38.2 Å². The number of amides is 1. The summed E-state index contributed by atoms with van der Waals surface area (Å²) in [5, 5.41) is 22.2. The molecule has 2 aromatic carbocycles. The number of non-ortho nitro benzene ring substituents is 1. The number of rotatable bonds is 7. The predicted octanol–water partition coefficient (Wildman–Crippen LogP) is 1.42. The van der Waals surface area contributed by atoms with E-state index in [0.717, 1.165) is 40.7 Å². The minimum Gasteiger partial charge on any atom is -0.452 e. The first-order valence-corrected chi connectivity index (χ1v) is 11.1. The zero-order valence-electron chi connectivity index (χ0n) is 17.4. The molecule has 0 aliphatic carbocycles. The van der Waals surface area contributed by atoms with E-state index in [0.29, 0.717) is 0 Å². The number of halogens is 1. The van der Waals surface area contributed by atoms with Crippen LogP contribution in [0.25, 0.3) is 0 Å². The fourth-order valence-corrected chi connectivity index (χ4v) is 4.43. The Morgan fingerprint density at radius 2 is 1.94 bits per heavy atom. The molecule has 1 saturated heterocycles. The number of nitro groups is 1. The lowest BCUT2D eigenvalue weighted by atomic mass is 10.1. The van der Waals surface area contributed by atoms with E-state index >= 15 is 0 Å². The van der Waals surface area contributed by atoms with Crippen molar-refractivity contribution in [3.8, 4) is 6.07 Å². The maximum Gasteiger partial charge on any atom is 0.341 e. The molecule has 1 heterocycles. The van der Waals surface area contributed by atoms with Gasteiger partial charge in [-0.2, -0.15) is 9.57 Å². The van der Waals surface area contributed by atoms with E-state index in [1.807, 2.05) is 0 Å². The Morgan fingerprint density at radius 3 is 2.59 bits per heavy atom. The van der Waals surface area contributed by atoms with Crippen molar-refractivity contribution in [1.82, 2.24) is 4.31 Å². The number of nitrogens with zero attached hydrogens (tertiary/aromatic N) is 3. The minimum atomic E-state index is -4.00. The van der Waals surface area contributed by atoms with E-state index < -0.39 is 44.8 Å². The summed E-state index contributed by atoms with van der Waals surface area (Å²) in [5.41, 5.74) is -1.29. The molecule has 0 saturated carbocycles. The smallest absolute Gasteiger partial charge is 0.341 e. The van der Waals surface area contributed by atoms with Gasteiger partial charge in [-0.15, -0.1) is 0 Å². The number of benzene rings is 2. The molecule has 1 N–H and O–H groups in total. The summed E-state index contributed by atoms with van der Waals surface area (Å²) >= 11 is 0. The Balaban J connectivity index is 1.69. The number of esters is 1. The number of nitro benzene ring substituents is 1. The molecule has 34 heavy (non-hydrogen) atoms. The second kappa shape index (κ2) is 10.3. The van der Waals surface area contributed by atoms with Crippen molar-refractivity contribution < 1.29 is 36.8 Å². The number of ether oxygens (including phenoxy) is 2. The summed E-state index contributed by atoms with van der Waals surface area (Å²) in [4.78, 5) is 34.2. The van der Waals surface area contributed by atoms with Gasteiger partial charge in [-0.25, -0.2) is 17.6 Å². The summed E-state index contributed by atoms with van der Waals surface area (Å²) in [5.74, 6) is -3.24. The van der Waals surface area contributed by atoms with Crippen molar-refractivity contribution in [3.63, 3.8) is 0 Å². The van der Waals surface area contributed by atoms with Crippen LogP contribution in [0, 0.1) is 27.3 Å². The lowest BCUT2D eigenvalue weighted by Gasteiger charge is -2.26. The molecule has 12 nitrogen and oxygen atoms in total.